The van der Waals surface area contributed by atoms with Gasteiger partial charge in [-0.25, -0.2) is 0 Å². The molecule has 0 saturated heterocycles. The van der Waals surface area contributed by atoms with Crippen LogP contribution in [0.2, 0.25) is 5.02 Å². The van der Waals surface area contributed by atoms with Gasteiger partial charge < -0.3 is 4.74 Å². The third-order valence-corrected chi connectivity index (χ3v) is 5.94. The lowest BCUT2D eigenvalue weighted by Gasteiger charge is -2.10. The Balaban J connectivity index is 1.26. The van der Waals surface area contributed by atoms with E-state index in [0.29, 0.717) is 11.8 Å². The first-order valence-electron chi connectivity index (χ1n) is 9.40. The minimum absolute atomic E-state index is 0.579. The van der Waals surface area contributed by atoms with E-state index in [-0.39, 0.29) is 0 Å². The molecule has 134 valence electrons. The smallest absolute Gasteiger partial charge is 0.167 e. The maximum Gasteiger partial charge on any atom is 0.167 e. The van der Waals surface area contributed by atoms with Crippen molar-refractivity contribution >= 4 is 17.2 Å². The molecule has 0 aliphatic heterocycles. The van der Waals surface area contributed by atoms with Crippen LogP contribution < -0.4 is 4.74 Å². The quantitative estimate of drug-likeness (QED) is 0.626. The summed E-state index contributed by atoms with van der Waals surface area (Å²) in [7, 11) is 0. The second-order valence-corrected chi connectivity index (χ2v) is 8.16. The second-order valence-electron chi connectivity index (χ2n) is 7.73. The molecule has 26 heavy (non-hydrogen) atoms. The summed E-state index contributed by atoms with van der Waals surface area (Å²) in [6, 6.07) is 10.2. The molecule has 0 amide bonds. The summed E-state index contributed by atoms with van der Waals surface area (Å²) < 4.78 is 8.26. The van der Waals surface area contributed by atoms with Gasteiger partial charge in [0.2, 0.25) is 0 Å². The summed E-state index contributed by atoms with van der Waals surface area (Å²) in [6.45, 7) is 2.82. The molecule has 4 nitrogen and oxygen atoms in total. The molecule has 2 fully saturated rings. The SMILES string of the molecule is Cc1c(OC[C@@H]2C[C@H]2c2ccc(Cl)cc2)ccn2c(CC3CC3)nnc12. The molecule has 2 aromatic heterocycles. The zero-order chi connectivity index (χ0) is 17.7. The molecule has 2 saturated carbocycles. The molecular weight excluding hydrogens is 346 g/mol. The number of aromatic nitrogens is 3. The molecule has 2 atom stereocenters. The van der Waals surface area contributed by atoms with E-state index in [2.05, 4.69) is 45.9 Å². The molecule has 2 aliphatic carbocycles. The molecule has 0 bridgehead atoms. The van der Waals surface area contributed by atoms with Crippen molar-refractivity contribution in [3.63, 3.8) is 0 Å². The number of nitrogens with zero attached hydrogens (tertiary/aromatic N) is 3. The van der Waals surface area contributed by atoms with Crippen molar-refractivity contribution in [2.45, 2.75) is 38.5 Å². The Bertz CT molecular complexity index is 946. The number of ether oxygens (including phenoxy) is 1. The van der Waals surface area contributed by atoms with Crippen LogP contribution in [0.1, 0.15) is 42.1 Å². The maximum atomic E-state index is 6.14. The summed E-state index contributed by atoms with van der Waals surface area (Å²) in [5.41, 5.74) is 3.35. The number of hydrogen-bond donors (Lipinski definition) is 0. The van der Waals surface area contributed by atoms with Crippen molar-refractivity contribution in [1.82, 2.24) is 14.6 Å². The summed E-state index contributed by atoms with van der Waals surface area (Å²) in [4.78, 5) is 0. The Morgan fingerprint density at radius 3 is 2.73 bits per heavy atom. The Labute approximate surface area is 158 Å². The Hall–Kier alpha value is -2.07. The van der Waals surface area contributed by atoms with Gasteiger partial charge >= 0.3 is 0 Å². The van der Waals surface area contributed by atoms with Crippen LogP contribution in [0.15, 0.2) is 36.5 Å². The maximum absolute atomic E-state index is 6.14. The van der Waals surface area contributed by atoms with Gasteiger partial charge in [-0.2, -0.15) is 0 Å². The number of aryl methyl sites for hydroxylation is 1. The van der Waals surface area contributed by atoms with E-state index in [9.17, 15) is 0 Å². The summed E-state index contributed by atoms with van der Waals surface area (Å²) in [5.74, 6) is 3.97. The number of hydrogen-bond acceptors (Lipinski definition) is 3. The van der Waals surface area contributed by atoms with Gasteiger partial charge in [-0.15, -0.1) is 10.2 Å². The number of halogens is 1. The molecule has 2 heterocycles. The van der Waals surface area contributed by atoms with E-state index in [1.54, 1.807) is 0 Å². The molecular formula is C21H22ClN3O. The number of rotatable bonds is 6. The Kier molecular flexibility index (Phi) is 3.89. The van der Waals surface area contributed by atoms with Crippen LogP contribution in [0, 0.1) is 18.8 Å². The van der Waals surface area contributed by atoms with Crippen LogP contribution in [0.3, 0.4) is 0 Å². The zero-order valence-electron chi connectivity index (χ0n) is 14.9. The fourth-order valence-corrected chi connectivity index (χ4v) is 3.86. The van der Waals surface area contributed by atoms with Crippen molar-refractivity contribution in [2.24, 2.45) is 11.8 Å². The Morgan fingerprint density at radius 1 is 1.15 bits per heavy atom. The topological polar surface area (TPSA) is 39.4 Å². The molecule has 0 radical (unpaired) electrons. The first-order valence-corrected chi connectivity index (χ1v) is 9.78. The number of fused-ring (bicyclic) bond motifs is 1. The van der Waals surface area contributed by atoms with Crippen LogP contribution in [-0.4, -0.2) is 21.2 Å². The minimum atomic E-state index is 0.579. The lowest BCUT2D eigenvalue weighted by molar-refractivity contribution is 0.295. The van der Waals surface area contributed by atoms with Gasteiger partial charge in [0, 0.05) is 29.1 Å². The predicted molar refractivity (Wildman–Crippen MR) is 102 cm³/mol. The highest BCUT2D eigenvalue weighted by Crippen LogP contribution is 2.47. The molecule has 5 heteroatoms. The largest absolute Gasteiger partial charge is 0.493 e. The van der Waals surface area contributed by atoms with Gasteiger partial charge in [-0.1, -0.05) is 23.7 Å². The number of pyridine rings is 1. The summed E-state index contributed by atoms with van der Waals surface area (Å²) >= 11 is 5.97. The van der Waals surface area contributed by atoms with Crippen molar-refractivity contribution in [1.29, 1.82) is 0 Å². The lowest BCUT2D eigenvalue weighted by Crippen LogP contribution is -2.04. The third-order valence-electron chi connectivity index (χ3n) is 5.69. The second kappa shape index (κ2) is 6.27. The van der Waals surface area contributed by atoms with Gasteiger partial charge in [-0.3, -0.25) is 4.40 Å². The van der Waals surface area contributed by atoms with E-state index in [0.717, 1.165) is 46.8 Å². The standard InChI is InChI=1S/C21H22ClN3O/c1-13-19(8-9-25-20(10-14-2-3-14)23-24-21(13)25)26-12-16-11-18(16)15-4-6-17(22)7-5-15/h4-9,14,16,18H,2-3,10-12H2,1H3/t16-,18-/m0/s1. The van der Waals surface area contributed by atoms with Crippen LogP contribution in [-0.2, 0) is 6.42 Å². The normalized spacial score (nSPS) is 21.9. The first-order chi connectivity index (χ1) is 12.7. The van der Waals surface area contributed by atoms with Crippen LogP contribution in [0.4, 0.5) is 0 Å². The van der Waals surface area contributed by atoms with E-state index in [4.69, 9.17) is 16.3 Å². The average molecular weight is 368 g/mol. The average Bonchev–Trinajstić information content (AvgIpc) is 3.55. The number of benzene rings is 1. The third kappa shape index (κ3) is 3.07. The highest BCUT2D eigenvalue weighted by molar-refractivity contribution is 6.30. The highest BCUT2D eigenvalue weighted by Gasteiger charge is 2.38. The zero-order valence-corrected chi connectivity index (χ0v) is 15.6. The molecule has 1 aromatic carbocycles. The fourth-order valence-electron chi connectivity index (χ4n) is 3.74. The van der Waals surface area contributed by atoms with Gasteiger partial charge in [-0.05, 0) is 61.8 Å². The van der Waals surface area contributed by atoms with Crippen LogP contribution in [0.25, 0.3) is 5.65 Å². The minimum Gasteiger partial charge on any atom is -0.493 e. The van der Waals surface area contributed by atoms with E-state index >= 15 is 0 Å². The van der Waals surface area contributed by atoms with Crippen molar-refractivity contribution < 1.29 is 4.74 Å². The van der Waals surface area contributed by atoms with E-state index in [1.165, 1.54) is 24.8 Å². The Morgan fingerprint density at radius 2 is 1.96 bits per heavy atom. The summed E-state index contributed by atoms with van der Waals surface area (Å²) in [6.07, 6.45) is 6.92. The van der Waals surface area contributed by atoms with Crippen molar-refractivity contribution in [2.75, 3.05) is 6.61 Å². The van der Waals surface area contributed by atoms with E-state index in [1.807, 2.05) is 12.1 Å². The highest BCUT2D eigenvalue weighted by atomic mass is 35.5. The van der Waals surface area contributed by atoms with E-state index < -0.39 is 0 Å². The fraction of sp³-hybridized carbons (Fsp3) is 0.429. The first kappa shape index (κ1) is 16.1. The molecule has 0 spiro atoms. The molecule has 5 rings (SSSR count). The molecule has 0 N–H and O–H groups in total. The lowest BCUT2D eigenvalue weighted by atomic mass is 10.1. The van der Waals surface area contributed by atoms with Gasteiger partial charge in [0.25, 0.3) is 0 Å². The van der Waals surface area contributed by atoms with Crippen LogP contribution in [0.5, 0.6) is 5.75 Å². The molecule has 3 aromatic rings. The monoisotopic (exact) mass is 367 g/mol. The predicted octanol–water partition coefficient (Wildman–Crippen LogP) is 4.83. The summed E-state index contributed by atoms with van der Waals surface area (Å²) in [5, 5.41) is 9.58. The van der Waals surface area contributed by atoms with Gasteiger partial charge in [0.15, 0.2) is 5.65 Å². The molecule has 2 aliphatic rings. The van der Waals surface area contributed by atoms with Crippen LogP contribution >= 0.6 is 11.6 Å². The van der Waals surface area contributed by atoms with Gasteiger partial charge in [0.05, 0.1) is 6.61 Å². The molecule has 0 unspecified atom stereocenters. The van der Waals surface area contributed by atoms with Crippen molar-refractivity contribution in [3.05, 3.63) is 58.5 Å². The van der Waals surface area contributed by atoms with Gasteiger partial charge in [0.1, 0.15) is 11.6 Å². The van der Waals surface area contributed by atoms with Crippen molar-refractivity contribution in [3.8, 4) is 5.75 Å².